The van der Waals surface area contributed by atoms with E-state index < -0.39 is 0 Å². The van der Waals surface area contributed by atoms with Gasteiger partial charge in [-0.15, -0.1) is 0 Å². The van der Waals surface area contributed by atoms with Crippen molar-refractivity contribution < 1.29 is 5.11 Å². The number of hydrogen-bond acceptors (Lipinski definition) is 2. The highest BCUT2D eigenvalue weighted by atomic mass is 16.3. The van der Waals surface area contributed by atoms with Gasteiger partial charge in [-0.3, -0.25) is 0 Å². The Labute approximate surface area is 63.6 Å². The molecule has 0 radical (unpaired) electrons. The minimum absolute atomic E-state index is 0.234. The third kappa shape index (κ3) is 7.92. The largest absolute Gasteiger partial charge is 0.392 e. The first-order valence-electron chi connectivity index (χ1n) is 3.80. The van der Waals surface area contributed by atoms with E-state index in [0.29, 0.717) is 12.0 Å². The summed E-state index contributed by atoms with van der Waals surface area (Å²) >= 11 is 0. The van der Waals surface area contributed by atoms with Crippen molar-refractivity contribution in [3.8, 4) is 0 Å². The van der Waals surface area contributed by atoms with E-state index in [1.165, 1.54) is 0 Å². The second-order valence-corrected chi connectivity index (χ2v) is 4.04. The molecule has 1 atom stereocenters. The third-order valence-corrected chi connectivity index (χ3v) is 1.10. The lowest BCUT2D eigenvalue weighted by atomic mass is 9.97. The van der Waals surface area contributed by atoms with Crippen LogP contribution in [0.25, 0.3) is 0 Å². The van der Waals surface area contributed by atoms with Gasteiger partial charge in [0.1, 0.15) is 0 Å². The lowest BCUT2D eigenvalue weighted by molar-refractivity contribution is 0.186. The smallest absolute Gasteiger partial charge is 0.0636 e. The van der Waals surface area contributed by atoms with Gasteiger partial charge in [0.25, 0.3) is 0 Å². The number of rotatable bonds is 3. The molecule has 0 saturated heterocycles. The molecule has 2 nitrogen and oxygen atoms in total. The van der Waals surface area contributed by atoms with Crippen LogP contribution in [0.15, 0.2) is 0 Å². The summed E-state index contributed by atoms with van der Waals surface area (Å²) in [6, 6.07) is 0. The van der Waals surface area contributed by atoms with E-state index in [9.17, 15) is 0 Å². The van der Waals surface area contributed by atoms with Crippen LogP contribution in [-0.2, 0) is 0 Å². The van der Waals surface area contributed by atoms with Crippen molar-refractivity contribution in [2.24, 2.45) is 5.41 Å². The van der Waals surface area contributed by atoms with E-state index in [0.717, 1.165) is 6.54 Å². The van der Waals surface area contributed by atoms with Crippen molar-refractivity contribution in [3.05, 3.63) is 0 Å². The summed E-state index contributed by atoms with van der Waals surface area (Å²) in [6.45, 7) is 9.94. The van der Waals surface area contributed by atoms with Crippen LogP contribution in [-0.4, -0.2) is 24.3 Å². The zero-order valence-corrected chi connectivity index (χ0v) is 7.44. The number of aliphatic hydroxyl groups is 1. The molecule has 10 heavy (non-hydrogen) atoms. The number of nitrogens with one attached hydrogen (secondary N) is 1. The molecule has 0 bridgehead atoms. The number of aliphatic hydroxyl groups excluding tert-OH is 1. The Kier molecular flexibility index (Phi) is 3.91. The molecular weight excluding hydrogens is 126 g/mol. The van der Waals surface area contributed by atoms with Crippen LogP contribution in [0.4, 0.5) is 0 Å². The molecule has 0 heterocycles. The fraction of sp³-hybridized carbons (Fsp3) is 1.00. The van der Waals surface area contributed by atoms with Gasteiger partial charge in [0.2, 0.25) is 0 Å². The quantitative estimate of drug-likeness (QED) is 0.621. The fourth-order valence-electron chi connectivity index (χ4n) is 0.656. The van der Waals surface area contributed by atoms with Crippen molar-refractivity contribution in [1.29, 1.82) is 0 Å². The average Bonchev–Trinajstić information content (AvgIpc) is 1.59. The van der Waals surface area contributed by atoms with Crippen LogP contribution < -0.4 is 5.32 Å². The van der Waals surface area contributed by atoms with Crippen LogP contribution >= 0.6 is 0 Å². The molecule has 0 aliphatic heterocycles. The SMILES string of the molecule is C[C@H](O)CNCC(C)(C)C. The predicted molar refractivity (Wildman–Crippen MR) is 44.0 cm³/mol. The Balaban J connectivity index is 3.21. The summed E-state index contributed by atoms with van der Waals surface area (Å²) < 4.78 is 0. The van der Waals surface area contributed by atoms with Crippen molar-refractivity contribution in [3.63, 3.8) is 0 Å². The molecule has 0 aromatic heterocycles. The predicted octanol–water partition coefficient (Wildman–Crippen LogP) is 1.00. The first kappa shape index (κ1) is 9.92. The van der Waals surface area contributed by atoms with Crippen molar-refractivity contribution in [2.75, 3.05) is 13.1 Å². The molecule has 0 unspecified atom stereocenters. The molecule has 0 aliphatic rings. The Morgan fingerprint density at radius 2 is 1.90 bits per heavy atom. The standard InChI is InChI=1S/C8H19NO/c1-7(10)5-9-6-8(2,3)4/h7,9-10H,5-6H2,1-4H3/t7-/m0/s1. The highest BCUT2D eigenvalue weighted by Crippen LogP contribution is 2.09. The van der Waals surface area contributed by atoms with E-state index in [1.807, 2.05) is 0 Å². The zero-order valence-electron chi connectivity index (χ0n) is 7.44. The fourth-order valence-corrected chi connectivity index (χ4v) is 0.656. The maximum atomic E-state index is 8.89. The molecular formula is C8H19NO. The van der Waals surface area contributed by atoms with E-state index in [1.54, 1.807) is 6.92 Å². The number of hydrogen-bond donors (Lipinski definition) is 2. The summed E-state index contributed by atoms with van der Waals surface area (Å²) in [5, 5.41) is 12.1. The molecule has 0 aromatic rings. The van der Waals surface area contributed by atoms with Crippen LogP contribution in [0.2, 0.25) is 0 Å². The Hall–Kier alpha value is -0.0800. The van der Waals surface area contributed by atoms with E-state index in [-0.39, 0.29) is 6.10 Å². The van der Waals surface area contributed by atoms with Crippen LogP contribution in [0.3, 0.4) is 0 Å². The molecule has 0 saturated carbocycles. The van der Waals surface area contributed by atoms with Gasteiger partial charge in [0, 0.05) is 13.1 Å². The van der Waals surface area contributed by atoms with E-state index >= 15 is 0 Å². The first-order chi connectivity index (χ1) is 4.42. The van der Waals surface area contributed by atoms with Crippen molar-refractivity contribution >= 4 is 0 Å². The van der Waals surface area contributed by atoms with Gasteiger partial charge in [-0.05, 0) is 12.3 Å². The lowest BCUT2D eigenvalue weighted by Gasteiger charge is -2.19. The Morgan fingerprint density at radius 3 is 2.20 bits per heavy atom. The minimum Gasteiger partial charge on any atom is -0.392 e. The van der Waals surface area contributed by atoms with Gasteiger partial charge in [-0.1, -0.05) is 20.8 Å². The van der Waals surface area contributed by atoms with Crippen molar-refractivity contribution in [1.82, 2.24) is 5.32 Å². The molecule has 2 N–H and O–H groups in total. The van der Waals surface area contributed by atoms with Gasteiger partial charge in [-0.2, -0.15) is 0 Å². The first-order valence-corrected chi connectivity index (χ1v) is 3.80. The van der Waals surface area contributed by atoms with Crippen LogP contribution in [0, 0.1) is 5.41 Å². The normalized spacial score (nSPS) is 15.3. The van der Waals surface area contributed by atoms with Gasteiger partial charge >= 0.3 is 0 Å². The molecule has 62 valence electrons. The van der Waals surface area contributed by atoms with Gasteiger partial charge < -0.3 is 10.4 Å². The highest BCUT2D eigenvalue weighted by molar-refractivity contribution is 4.65. The second-order valence-electron chi connectivity index (χ2n) is 4.04. The summed E-state index contributed by atoms with van der Waals surface area (Å²) in [5.74, 6) is 0. The molecule has 0 aliphatic carbocycles. The average molecular weight is 145 g/mol. The highest BCUT2D eigenvalue weighted by Gasteiger charge is 2.08. The van der Waals surface area contributed by atoms with Gasteiger partial charge in [-0.25, -0.2) is 0 Å². The Morgan fingerprint density at radius 1 is 1.40 bits per heavy atom. The zero-order chi connectivity index (χ0) is 8.20. The molecule has 0 amide bonds. The maximum Gasteiger partial charge on any atom is 0.0636 e. The Bertz CT molecular complexity index is 83.7. The summed E-state index contributed by atoms with van der Waals surface area (Å²) in [6.07, 6.45) is -0.234. The molecule has 2 heteroatoms. The minimum atomic E-state index is -0.234. The second kappa shape index (κ2) is 3.94. The van der Waals surface area contributed by atoms with E-state index in [2.05, 4.69) is 26.1 Å². The molecule has 0 rings (SSSR count). The monoisotopic (exact) mass is 145 g/mol. The van der Waals surface area contributed by atoms with E-state index in [4.69, 9.17) is 5.11 Å². The van der Waals surface area contributed by atoms with Gasteiger partial charge in [0.05, 0.1) is 6.10 Å². The van der Waals surface area contributed by atoms with Crippen LogP contribution in [0.1, 0.15) is 27.7 Å². The topological polar surface area (TPSA) is 32.3 Å². The summed E-state index contributed by atoms with van der Waals surface area (Å²) in [7, 11) is 0. The van der Waals surface area contributed by atoms with Crippen molar-refractivity contribution in [2.45, 2.75) is 33.8 Å². The third-order valence-electron chi connectivity index (χ3n) is 1.10. The molecule has 0 aromatic carbocycles. The molecule has 0 spiro atoms. The lowest BCUT2D eigenvalue weighted by Crippen LogP contribution is -2.32. The van der Waals surface area contributed by atoms with Gasteiger partial charge in [0.15, 0.2) is 0 Å². The molecule has 0 fully saturated rings. The summed E-state index contributed by atoms with van der Waals surface area (Å²) in [5.41, 5.74) is 0.314. The maximum absolute atomic E-state index is 8.89. The summed E-state index contributed by atoms with van der Waals surface area (Å²) in [4.78, 5) is 0. The van der Waals surface area contributed by atoms with Crippen LogP contribution in [0.5, 0.6) is 0 Å².